The second-order valence-electron chi connectivity index (χ2n) is 4.87. The van der Waals surface area contributed by atoms with E-state index >= 15 is 0 Å². The van der Waals surface area contributed by atoms with Gasteiger partial charge in [-0.15, -0.1) is 0 Å². The van der Waals surface area contributed by atoms with Gasteiger partial charge in [0.2, 0.25) is 0 Å². The van der Waals surface area contributed by atoms with E-state index in [0.717, 1.165) is 18.8 Å². The van der Waals surface area contributed by atoms with Crippen LogP contribution in [0.1, 0.15) is 48.8 Å². The maximum absolute atomic E-state index is 11.1. The Kier molecular flexibility index (Phi) is 4.17. The first-order valence-corrected chi connectivity index (χ1v) is 6.77. The molecule has 18 heavy (non-hydrogen) atoms. The van der Waals surface area contributed by atoms with Gasteiger partial charge in [-0.05, 0) is 25.7 Å². The van der Waals surface area contributed by atoms with Crippen molar-refractivity contribution >= 4 is 23.7 Å². The minimum Gasteiger partial charge on any atom is -0.367 e. The molecule has 4 nitrogen and oxygen atoms in total. The van der Waals surface area contributed by atoms with E-state index in [1.165, 1.54) is 12.8 Å². The number of anilines is 1. The predicted molar refractivity (Wildman–Crippen MR) is 72.2 cm³/mol. The molecule has 0 saturated heterocycles. The molecule has 0 spiro atoms. The van der Waals surface area contributed by atoms with Crippen LogP contribution in [0.3, 0.4) is 0 Å². The van der Waals surface area contributed by atoms with Gasteiger partial charge in [-0.3, -0.25) is 4.79 Å². The van der Waals surface area contributed by atoms with Gasteiger partial charge in [-0.25, -0.2) is 9.97 Å². The minimum atomic E-state index is 0.223. The van der Waals surface area contributed by atoms with Gasteiger partial charge in [0.1, 0.15) is 16.8 Å². The summed E-state index contributed by atoms with van der Waals surface area (Å²) in [6.07, 6.45) is 5.50. The summed E-state index contributed by atoms with van der Waals surface area (Å²) in [5.41, 5.74) is 0.358. The molecule has 0 aromatic carbocycles. The molecule has 98 valence electrons. The van der Waals surface area contributed by atoms with Gasteiger partial charge in [-0.2, -0.15) is 0 Å². The Bertz CT molecular complexity index is 446. The van der Waals surface area contributed by atoms with Crippen molar-refractivity contribution in [3.63, 3.8) is 0 Å². The molecule has 1 aromatic rings. The second kappa shape index (κ2) is 5.65. The van der Waals surface area contributed by atoms with Crippen molar-refractivity contribution in [2.45, 2.75) is 45.6 Å². The first-order chi connectivity index (χ1) is 8.63. The first kappa shape index (κ1) is 13.3. The topological polar surface area (TPSA) is 54.9 Å². The van der Waals surface area contributed by atoms with E-state index in [0.29, 0.717) is 29.5 Å². The molecule has 1 saturated carbocycles. The van der Waals surface area contributed by atoms with Gasteiger partial charge in [0.15, 0.2) is 6.29 Å². The molecule has 2 rings (SSSR count). The van der Waals surface area contributed by atoms with Crippen LogP contribution >= 0.6 is 11.6 Å². The first-order valence-electron chi connectivity index (χ1n) is 6.39. The van der Waals surface area contributed by atoms with Crippen molar-refractivity contribution < 1.29 is 4.79 Å². The van der Waals surface area contributed by atoms with Crippen LogP contribution in [-0.4, -0.2) is 22.3 Å². The van der Waals surface area contributed by atoms with Crippen LogP contribution in [0, 0.1) is 12.8 Å². The Labute approximate surface area is 112 Å². The smallest absolute Gasteiger partial charge is 0.156 e. The fraction of sp³-hybridized carbons (Fsp3) is 0.615. The third-order valence-electron chi connectivity index (χ3n) is 3.28. The van der Waals surface area contributed by atoms with Crippen LogP contribution in [-0.2, 0) is 0 Å². The third kappa shape index (κ3) is 3.19. The lowest BCUT2D eigenvalue weighted by molar-refractivity contribution is 0.112. The maximum atomic E-state index is 11.1. The number of aldehydes is 1. The number of halogens is 1. The molecule has 1 heterocycles. The number of carbonyl (C=O) groups excluding carboxylic acids is 1. The van der Waals surface area contributed by atoms with Crippen LogP contribution in [0.15, 0.2) is 0 Å². The van der Waals surface area contributed by atoms with E-state index in [-0.39, 0.29) is 5.15 Å². The number of rotatable bonds is 6. The van der Waals surface area contributed by atoms with E-state index in [4.69, 9.17) is 11.6 Å². The average molecular weight is 268 g/mol. The standard InChI is InChI=1S/C13H18ClN3O/c1-3-10(6-9-4-5-9)17-13-11(7-18)12(14)15-8(2)16-13/h7,9-10H,3-6H2,1-2H3,(H,15,16,17). The van der Waals surface area contributed by atoms with E-state index in [1.807, 2.05) is 0 Å². The SMILES string of the molecule is CCC(CC1CC1)Nc1nc(C)nc(Cl)c1C=O. The van der Waals surface area contributed by atoms with Crippen LogP contribution in [0.4, 0.5) is 5.82 Å². The van der Waals surface area contributed by atoms with Gasteiger partial charge in [-0.1, -0.05) is 31.4 Å². The Morgan fingerprint density at radius 2 is 2.22 bits per heavy atom. The molecule has 1 unspecified atom stereocenters. The zero-order valence-corrected chi connectivity index (χ0v) is 11.5. The normalized spacial score (nSPS) is 16.4. The molecule has 1 fully saturated rings. The number of hydrogen-bond acceptors (Lipinski definition) is 4. The fourth-order valence-corrected chi connectivity index (χ4v) is 2.29. The molecule has 1 aliphatic carbocycles. The number of nitrogens with zero attached hydrogens (tertiary/aromatic N) is 2. The van der Waals surface area contributed by atoms with Crippen molar-refractivity contribution in [3.8, 4) is 0 Å². The zero-order chi connectivity index (χ0) is 13.1. The molecular weight excluding hydrogens is 250 g/mol. The summed E-state index contributed by atoms with van der Waals surface area (Å²) >= 11 is 5.96. The van der Waals surface area contributed by atoms with Gasteiger partial charge in [0.25, 0.3) is 0 Å². The molecule has 1 atom stereocenters. The summed E-state index contributed by atoms with van der Waals surface area (Å²) < 4.78 is 0. The van der Waals surface area contributed by atoms with Crippen molar-refractivity contribution in [3.05, 3.63) is 16.5 Å². The van der Waals surface area contributed by atoms with Gasteiger partial charge < -0.3 is 5.32 Å². The highest BCUT2D eigenvalue weighted by Gasteiger charge is 2.25. The molecule has 1 aromatic heterocycles. The van der Waals surface area contributed by atoms with Crippen LogP contribution < -0.4 is 5.32 Å². The van der Waals surface area contributed by atoms with Crippen molar-refractivity contribution in [2.75, 3.05) is 5.32 Å². The van der Waals surface area contributed by atoms with E-state index < -0.39 is 0 Å². The number of carbonyl (C=O) groups is 1. The highest BCUT2D eigenvalue weighted by atomic mass is 35.5. The summed E-state index contributed by atoms with van der Waals surface area (Å²) in [6.45, 7) is 3.91. The lowest BCUT2D eigenvalue weighted by Crippen LogP contribution is -2.21. The maximum Gasteiger partial charge on any atom is 0.156 e. The predicted octanol–water partition coefficient (Wildman–Crippen LogP) is 3.24. The van der Waals surface area contributed by atoms with Crippen LogP contribution in [0.5, 0.6) is 0 Å². The lowest BCUT2D eigenvalue weighted by atomic mass is 10.1. The van der Waals surface area contributed by atoms with Crippen molar-refractivity contribution in [1.82, 2.24) is 9.97 Å². The molecule has 0 bridgehead atoms. The highest BCUT2D eigenvalue weighted by molar-refractivity contribution is 6.32. The summed E-state index contributed by atoms with van der Waals surface area (Å²) in [6, 6.07) is 0.349. The zero-order valence-electron chi connectivity index (χ0n) is 10.7. The Balaban J connectivity index is 2.17. The average Bonchev–Trinajstić information content (AvgIpc) is 3.11. The molecule has 1 N–H and O–H groups in total. The van der Waals surface area contributed by atoms with E-state index in [1.54, 1.807) is 6.92 Å². The third-order valence-corrected chi connectivity index (χ3v) is 3.57. The number of nitrogens with one attached hydrogen (secondary N) is 1. The second-order valence-corrected chi connectivity index (χ2v) is 5.23. The number of aryl methyl sites for hydroxylation is 1. The fourth-order valence-electron chi connectivity index (χ4n) is 2.04. The van der Waals surface area contributed by atoms with E-state index in [2.05, 4.69) is 22.2 Å². The van der Waals surface area contributed by atoms with E-state index in [9.17, 15) is 4.79 Å². The molecule has 0 aliphatic heterocycles. The molecule has 0 radical (unpaired) electrons. The summed E-state index contributed by atoms with van der Waals surface area (Å²) in [7, 11) is 0. The summed E-state index contributed by atoms with van der Waals surface area (Å²) in [5.74, 6) is 1.98. The number of aromatic nitrogens is 2. The van der Waals surface area contributed by atoms with Crippen molar-refractivity contribution in [1.29, 1.82) is 0 Å². The Hall–Kier alpha value is -1.16. The number of hydrogen-bond donors (Lipinski definition) is 1. The minimum absolute atomic E-state index is 0.223. The van der Waals surface area contributed by atoms with Gasteiger partial charge >= 0.3 is 0 Å². The molecular formula is C13H18ClN3O. The largest absolute Gasteiger partial charge is 0.367 e. The van der Waals surface area contributed by atoms with Crippen LogP contribution in [0.25, 0.3) is 0 Å². The monoisotopic (exact) mass is 267 g/mol. The quantitative estimate of drug-likeness (QED) is 0.635. The Morgan fingerprint density at radius 1 is 1.50 bits per heavy atom. The summed E-state index contributed by atoms with van der Waals surface area (Å²) in [5, 5.41) is 3.56. The van der Waals surface area contributed by atoms with Gasteiger partial charge in [0, 0.05) is 6.04 Å². The van der Waals surface area contributed by atoms with Crippen molar-refractivity contribution in [2.24, 2.45) is 5.92 Å². The Morgan fingerprint density at radius 3 is 2.78 bits per heavy atom. The molecule has 0 amide bonds. The lowest BCUT2D eigenvalue weighted by Gasteiger charge is -2.18. The van der Waals surface area contributed by atoms with Gasteiger partial charge in [0.05, 0.1) is 5.56 Å². The molecule has 1 aliphatic rings. The van der Waals surface area contributed by atoms with Crippen LogP contribution in [0.2, 0.25) is 5.15 Å². The summed E-state index contributed by atoms with van der Waals surface area (Å²) in [4.78, 5) is 19.3. The highest BCUT2D eigenvalue weighted by Crippen LogP contribution is 2.35. The molecule has 5 heteroatoms.